The zero-order valence-electron chi connectivity index (χ0n) is 12.3. The SMILES string of the molecule is N#Cc1ccc(C(=O)n2c(=O)c(C(=O)O)cc3ccccc32)cc1. The molecule has 6 nitrogen and oxygen atoms in total. The molecule has 6 heteroatoms. The van der Waals surface area contributed by atoms with Gasteiger partial charge in [0.25, 0.3) is 11.5 Å². The molecular formula is C18H10N2O4. The van der Waals surface area contributed by atoms with Crippen LogP contribution in [0.2, 0.25) is 0 Å². The Balaban J connectivity index is 2.29. The van der Waals surface area contributed by atoms with E-state index in [2.05, 4.69) is 0 Å². The molecule has 1 heterocycles. The molecule has 0 aliphatic heterocycles. The molecule has 2 aromatic carbocycles. The van der Waals surface area contributed by atoms with Crippen molar-refractivity contribution in [2.45, 2.75) is 0 Å². The maximum Gasteiger partial charge on any atom is 0.341 e. The van der Waals surface area contributed by atoms with E-state index in [9.17, 15) is 19.5 Å². The van der Waals surface area contributed by atoms with Crippen LogP contribution in [0, 0.1) is 11.3 Å². The molecule has 0 radical (unpaired) electrons. The molecule has 0 saturated carbocycles. The molecule has 24 heavy (non-hydrogen) atoms. The van der Waals surface area contributed by atoms with E-state index in [0.29, 0.717) is 16.5 Å². The lowest BCUT2D eigenvalue weighted by atomic mass is 10.1. The first-order valence-electron chi connectivity index (χ1n) is 6.96. The summed E-state index contributed by atoms with van der Waals surface area (Å²) in [6.07, 6.45) is 0. The molecular weight excluding hydrogens is 308 g/mol. The van der Waals surface area contributed by atoms with Crippen molar-refractivity contribution < 1.29 is 14.7 Å². The van der Waals surface area contributed by atoms with Crippen molar-refractivity contribution in [3.8, 4) is 6.07 Å². The minimum absolute atomic E-state index is 0.184. The van der Waals surface area contributed by atoms with E-state index in [1.807, 2.05) is 6.07 Å². The van der Waals surface area contributed by atoms with Crippen LogP contribution in [0.3, 0.4) is 0 Å². The van der Waals surface area contributed by atoms with Crippen LogP contribution >= 0.6 is 0 Å². The molecule has 0 unspecified atom stereocenters. The molecule has 0 atom stereocenters. The molecule has 0 spiro atoms. The molecule has 3 aromatic rings. The number of aromatic nitrogens is 1. The standard InChI is InChI=1S/C18H10N2O4/c19-10-11-5-7-12(8-6-11)16(21)20-15-4-2-1-3-13(15)9-14(17(20)22)18(23)24/h1-9H,(H,23,24). The number of aromatic carboxylic acids is 1. The number of hydrogen-bond acceptors (Lipinski definition) is 4. The van der Waals surface area contributed by atoms with E-state index in [-0.39, 0.29) is 5.56 Å². The molecule has 0 bridgehead atoms. The number of benzene rings is 2. The molecule has 0 aliphatic carbocycles. The van der Waals surface area contributed by atoms with Gasteiger partial charge in [-0.3, -0.25) is 9.59 Å². The molecule has 0 amide bonds. The predicted molar refractivity (Wildman–Crippen MR) is 86.1 cm³/mol. The number of rotatable bonds is 2. The molecule has 0 aliphatic rings. The highest BCUT2D eigenvalue weighted by Crippen LogP contribution is 2.15. The zero-order chi connectivity index (χ0) is 17.3. The van der Waals surface area contributed by atoms with E-state index in [0.717, 1.165) is 4.57 Å². The second-order valence-corrected chi connectivity index (χ2v) is 5.06. The van der Waals surface area contributed by atoms with Crippen molar-refractivity contribution >= 4 is 22.8 Å². The van der Waals surface area contributed by atoms with E-state index in [1.54, 1.807) is 24.3 Å². The highest BCUT2D eigenvalue weighted by Gasteiger charge is 2.19. The Labute approximate surface area is 135 Å². The smallest absolute Gasteiger partial charge is 0.341 e. The van der Waals surface area contributed by atoms with Crippen LogP contribution in [0.5, 0.6) is 0 Å². The number of nitriles is 1. The quantitative estimate of drug-likeness (QED) is 0.781. The first-order chi connectivity index (χ1) is 11.5. The number of carbonyl (C=O) groups excluding carboxylic acids is 1. The van der Waals surface area contributed by atoms with E-state index in [1.165, 1.54) is 30.3 Å². The summed E-state index contributed by atoms with van der Waals surface area (Å²) < 4.78 is 0.847. The van der Waals surface area contributed by atoms with Crippen LogP contribution in [0.15, 0.2) is 59.4 Å². The van der Waals surface area contributed by atoms with E-state index < -0.39 is 23.0 Å². The van der Waals surface area contributed by atoms with Crippen molar-refractivity contribution in [1.82, 2.24) is 4.57 Å². The van der Waals surface area contributed by atoms with Crippen molar-refractivity contribution in [3.63, 3.8) is 0 Å². The average molecular weight is 318 g/mol. The summed E-state index contributed by atoms with van der Waals surface area (Å²) in [5.74, 6) is -2.05. The molecule has 0 fully saturated rings. The molecule has 1 N–H and O–H groups in total. The second-order valence-electron chi connectivity index (χ2n) is 5.06. The van der Waals surface area contributed by atoms with Gasteiger partial charge in [-0.15, -0.1) is 0 Å². The van der Waals surface area contributed by atoms with E-state index >= 15 is 0 Å². The number of fused-ring (bicyclic) bond motifs is 1. The van der Waals surface area contributed by atoms with Crippen LogP contribution in [0.25, 0.3) is 10.9 Å². The minimum atomic E-state index is -1.40. The van der Waals surface area contributed by atoms with Crippen LogP contribution in [-0.2, 0) is 0 Å². The summed E-state index contributed by atoms with van der Waals surface area (Å²) in [6.45, 7) is 0. The summed E-state index contributed by atoms with van der Waals surface area (Å²) >= 11 is 0. The van der Waals surface area contributed by atoms with Crippen LogP contribution in [-0.4, -0.2) is 21.6 Å². The predicted octanol–water partition coefficient (Wildman–Crippen LogP) is 2.26. The van der Waals surface area contributed by atoms with Gasteiger partial charge in [0.15, 0.2) is 0 Å². The van der Waals surface area contributed by atoms with Crippen LogP contribution in [0.1, 0.15) is 26.3 Å². The van der Waals surface area contributed by atoms with Gasteiger partial charge in [0.1, 0.15) is 5.56 Å². The van der Waals surface area contributed by atoms with Gasteiger partial charge in [-0.1, -0.05) is 18.2 Å². The number of carboxylic acids is 1. The topological polar surface area (TPSA) is 100 Å². The summed E-state index contributed by atoms with van der Waals surface area (Å²) in [5.41, 5.74) is -0.486. The fraction of sp³-hybridized carbons (Fsp3) is 0. The van der Waals surface area contributed by atoms with Gasteiger partial charge < -0.3 is 5.11 Å². The highest BCUT2D eigenvalue weighted by molar-refractivity contribution is 6.03. The summed E-state index contributed by atoms with van der Waals surface area (Å²) in [7, 11) is 0. The van der Waals surface area contributed by atoms with E-state index in [4.69, 9.17) is 5.26 Å². The van der Waals surface area contributed by atoms with Crippen molar-refractivity contribution in [1.29, 1.82) is 5.26 Å². The number of carboxylic acid groups (broad SMARTS) is 1. The van der Waals surface area contributed by atoms with Gasteiger partial charge in [0.05, 0.1) is 17.1 Å². The molecule has 116 valence electrons. The first kappa shape index (κ1) is 15.2. The third-order valence-electron chi connectivity index (χ3n) is 3.61. The van der Waals surface area contributed by atoms with Gasteiger partial charge >= 0.3 is 5.97 Å². The molecule has 0 saturated heterocycles. The Hall–Kier alpha value is -3.72. The lowest BCUT2D eigenvalue weighted by Crippen LogP contribution is -2.31. The largest absolute Gasteiger partial charge is 0.477 e. The Morgan fingerprint density at radius 2 is 1.71 bits per heavy atom. The third-order valence-corrected chi connectivity index (χ3v) is 3.61. The lowest BCUT2D eigenvalue weighted by molar-refractivity contribution is 0.0695. The second kappa shape index (κ2) is 5.82. The molecule has 1 aromatic heterocycles. The highest BCUT2D eigenvalue weighted by atomic mass is 16.4. The number of hydrogen-bond donors (Lipinski definition) is 1. The fourth-order valence-electron chi connectivity index (χ4n) is 2.43. The number of pyridine rings is 1. The maximum atomic E-state index is 12.7. The van der Waals surface area contributed by atoms with Gasteiger partial charge in [-0.05, 0) is 41.8 Å². The third kappa shape index (κ3) is 2.44. The van der Waals surface area contributed by atoms with Crippen molar-refractivity contribution in [3.05, 3.63) is 81.6 Å². The van der Waals surface area contributed by atoms with Gasteiger partial charge in [-0.25, -0.2) is 9.36 Å². The van der Waals surface area contributed by atoms with Gasteiger partial charge in [0, 0.05) is 5.56 Å². The normalized spacial score (nSPS) is 10.3. The maximum absolute atomic E-state index is 12.7. The Bertz CT molecular complexity index is 1070. The van der Waals surface area contributed by atoms with Gasteiger partial charge in [-0.2, -0.15) is 5.26 Å². The lowest BCUT2D eigenvalue weighted by Gasteiger charge is -2.10. The first-order valence-corrected chi connectivity index (χ1v) is 6.96. The average Bonchev–Trinajstić information content (AvgIpc) is 2.60. The summed E-state index contributed by atoms with van der Waals surface area (Å²) in [5, 5.41) is 18.5. The summed E-state index contributed by atoms with van der Waals surface area (Å²) in [4.78, 5) is 36.5. The number of nitrogens with zero attached hydrogens (tertiary/aromatic N) is 2. The molecule has 3 rings (SSSR count). The Morgan fingerprint density at radius 1 is 1.04 bits per heavy atom. The van der Waals surface area contributed by atoms with Crippen LogP contribution < -0.4 is 5.56 Å². The van der Waals surface area contributed by atoms with Gasteiger partial charge in [0.2, 0.25) is 0 Å². The number of carbonyl (C=O) groups is 2. The Kier molecular flexibility index (Phi) is 3.68. The van der Waals surface area contributed by atoms with Crippen molar-refractivity contribution in [2.24, 2.45) is 0 Å². The zero-order valence-corrected chi connectivity index (χ0v) is 12.3. The number of para-hydroxylation sites is 1. The summed E-state index contributed by atoms with van der Waals surface area (Å²) in [6, 6.07) is 15.5. The monoisotopic (exact) mass is 318 g/mol. The minimum Gasteiger partial charge on any atom is -0.477 e. The van der Waals surface area contributed by atoms with Crippen LogP contribution in [0.4, 0.5) is 0 Å². The fourth-order valence-corrected chi connectivity index (χ4v) is 2.43. The van der Waals surface area contributed by atoms with Crippen molar-refractivity contribution in [2.75, 3.05) is 0 Å². The Morgan fingerprint density at radius 3 is 2.33 bits per heavy atom.